The lowest BCUT2D eigenvalue weighted by Gasteiger charge is -2.24. The molecule has 0 unspecified atom stereocenters. The summed E-state index contributed by atoms with van der Waals surface area (Å²) in [6.45, 7) is 4.34. The Morgan fingerprint density at radius 3 is 2.89 bits per heavy atom. The second-order valence-corrected chi connectivity index (χ2v) is 4.67. The van der Waals surface area contributed by atoms with Crippen LogP contribution in [-0.2, 0) is 4.79 Å². The van der Waals surface area contributed by atoms with Gasteiger partial charge in [-0.05, 0) is 25.5 Å². The number of para-hydroxylation sites is 2. The highest BCUT2D eigenvalue weighted by atomic mass is 16.2. The van der Waals surface area contributed by atoms with E-state index in [4.69, 9.17) is 5.73 Å². The lowest BCUT2D eigenvalue weighted by atomic mass is 10.1. The second kappa shape index (κ2) is 5.69. The van der Waals surface area contributed by atoms with Crippen molar-refractivity contribution in [1.29, 1.82) is 0 Å². The van der Waals surface area contributed by atoms with Crippen LogP contribution in [0.15, 0.2) is 35.9 Å². The number of anilines is 2. The van der Waals surface area contributed by atoms with Crippen LogP contribution in [0.3, 0.4) is 0 Å². The van der Waals surface area contributed by atoms with Crippen molar-refractivity contribution in [1.82, 2.24) is 4.90 Å². The fourth-order valence-electron chi connectivity index (χ4n) is 1.96. The second-order valence-electron chi connectivity index (χ2n) is 4.67. The number of nitrogens with one attached hydrogen (secondary N) is 1. The molecule has 96 valence electrons. The molecule has 0 radical (unpaired) electrons. The number of carbonyl (C=O) groups is 1. The molecule has 0 spiro atoms. The van der Waals surface area contributed by atoms with Gasteiger partial charge in [-0.2, -0.15) is 0 Å². The lowest BCUT2D eigenvalue weighted by Crippen LogP contribution is -2.36. The van der Waals surface area contributed by atoms with Gasteiger partial charge in [0.1, 0.15) is 0 Å². The molecule has 0 saturated carbocycles. The van der Waals surface area contributed by atoms with Crippen LogP contribution in [0.1, 0.15) is 13.3 Å². The van der Waals surface area contributed by atoms with Gasteiger partial charge < -0.3 is 11.1 Å². The highest BCUT2D eigenvalue weighted by Crippen LogP contribution is 2.16. The van der Waals surface area contributed by atoms with Gasteiger partial charge in [0.15, 0.2) is 0 Å². The minimum Gasteiger partial charge on any atom is -0.397 e. The number of carbonyl (C=O) groups excluding carboxylic acids is 1. The van der Waals surface area contributed by atoms with Crippen molar-refractivity contribution in [3.05, 3.63) is 35.9 Å². The quantitative estimate of drug-likeness (QED) is 0.631. The molecule has 1 aromatic rings. The first-order chi connectivity index (χ1) is 8.65. The first kappa shape index (κ1) is 12.6. The monoisotopic (exact) mass is 245 g/mol. The van der Waals surface area contributed by atoms with E-state index in [0.29, 0.717) is 17.9 Å². The number of hydrogen-bond acceptors (Lipinski definition) is 3. The summed E-state index contributed by atoms with van der Waals surface area (Å²) in [7, 11) is 0. The highest BCUT2D eigenvalue weighted by Gasteiger charge is 2.13. The van der Waals surface area contributed by atoms with E-state index in [2.05, 4.69) is 23.2 Å². The Morgan fingerprint density at radius 1 is 1.44 bits per heavy atom. The van der Waals surface area contributed by atoms with E-state index >= 15 is 0 Å². The molecule has 1 heterocycles. The third-order valence-electron chi connectivity index (χ3n) is 3.12. The molecule has 0 atom stereocenters. The number of benzene rings is 1. The van der Waals surface area contributed by atoms with Gasteiger partial charge in [-0.1, -0.05) is 23.8 Å². The van der Waals surface area contributed by atoms with Crippen molar-refractivity contribution in [3.63, 3.8) is 0 Å². The van der Waals surface area contributed by atoms with E-state index in [1.807, 2.05) is 18.2 Å². The zero-order chi connectivity index (χ0) is 13.0. The van der Waals surface area contributed by atoms with Crippen LogP contribution < -0.4 is 11.1 Å². The van der Waals surface area contributed by atoms with Crippen LogP contribution in [0.25, 0.3) is 0 Å². The van der Waals surface area contributed by atoms with Gasteiger partial charge in [-0.15, -0.1) is 0 Å². The van der Waals surface area contributed by atoms with Crippen molar-refractivity contribution in [2.75, 3.05) is 30.7 Å². The van der Waals surface area contributed by atoms with Crippen LogP contribution in [0.4, 0.5) is 11.4 Å². The summed E-state index contributed by atoms with van der Waals surface area (Å²) in [5.74, 6) is -0.0131. The van der Waals surface area contributed by atoms with Gasteiger partial charge in [0.05, 0.1) is 17.9 Å². The number of hydrogen-bond donors (Lipinski definition) is 2. The van der Waals surface area contributed by atoms with Crippen molar-refractivity contribution >= 4 is 17.3 Å². The first-order valence-electron chi connectivity index (χ1n) is 6.17. The first-order valence-corrected chi connectivity index (χ1v) is 6.17. The van der Waals surface area contributed by atoms with Gasteiger partial charge in [0.2, 0.25) is 5.91 Å². The maximum Gasteiger partial charge on any atom is 0.238 e. The Labute approximate surface area is 107 Å². The summed E-state index contributed by atoms with van der Waals surface area (Å²) < 4.78 is 0. The summed E-state index contributed by atoms with van der Waals surface area (Å²) in [6.07, 6.45) is 3.22. The van der Waals surface area contributed by atoms with Crippen LogP contribution in [-0.4, -0.2) is 30.4 Å². The molecule has 3 N–H and O–H groups in total. The molecule has 0 fully saturated rings. The van der Waals surface area contributed by atoms with Crippen LogP contribution in [0.2, 0.25) is 0 Å². The molecule has 1 aliphatic heterocycles. The number of nitrogens with two attached hydrogens (primary N) is 1. The molecule has 0 aromatic heterocycles. The Bertz CT molecular complexity index is 468. The topological polar surface area (TPSA) is 58.4 Å². The van der Waals surface area contributed by atoms with Crippen molar-refractivity contribution in [2.24, 2.45) is 0 Å². The molecular formula is C14H19N3O. The van der Waals surface area contributed by atoms with Gasteiger partial charge in [-0.25, -0.2) is 0 Å². The minimum atomic E-state index is -0.0131. The molecule has 1 aromatic carbocycles. The summed E-state index contributed by atoms with van der Waals surface area (Å²) in [5, 5.41) is 2.84. The maximum atomic E-state index is 11.9. The highest BCUT2D eigenvalue weighted by molar-refractivity contribution is 5.95. The van der Waals surface area contributed by atoms with Crippen LogP contribution >= 0.6 is 0 Å². The molecular weight excluding hydrogens is 226 g/mol. The lowest BCUT2D eigenvalue weighted by molar-refractivity contribution is -0.117. The van der Waals surface area contributed by atoms with Crippen molar-refractivity contribution in [2.45, 2.75) is 13.3 Å². The Hall–Kier alpha value is -1.81. The zero-order valence-corrected chi connectivity index (χ0v) is 10.6. The smallest absolute Gasteiger partial charge is 0.238 e. The summed E-state index contributed by atoms with van der Waals surface area (Å²) in [5.41, 5.74) is 8.47. The van der Waals surface area contributed by atoms with E-state index in [-0.39, 0.29) is 5.91 Å². The molecule has 0 saturated heterocycles. The standard InChI is InChI=1S/C14H19N3O/c1-11-6-8-17(9-7-11)10-14(18)16-13-5-3-2-4-12(13)15/h2-6H,7-10,15H2,1H3,(H,16,18). The predicted molar refractivity (Wildman–Crippen MR) is 74.3 cm³/mol. The predicted octanol–water partition coefficient (Wildman–Crippen LogP) is 1.86. The number of rotatable bonds is 3. The molecule has 4 heteroatoms. The number of amides is 1. The Morgan fingerprint density at radius 2 is 2.22 bits per heavy atom. The summed E-state index contributed by atoms with van der Waals surface area (Å²) >= 11 is 0. The molecule has 1 amide bonds. The molecule has 0 bridgehead atoms. The van der Waals surface area contributed by atoms with Gasteiger partial charge in [0, 0.05) is 13.1 Å². The van der Waals surface area contributed by atoms with E-state index in [1.165, 1.54) is 5.57 Å². The van der Waals surface area contributed by atoms with Gasteiger partial charge in [-0.3, -0.25) is 9.69 Å². The van der Waals surface area contributed by atoms with E-state index in [0.717, 1.165) is 19.5 Å². The molecule has 4 nitrogen and oxygen atoms in total. The minimum absolute atomic E-state index is 0.0131. The zero-order valence-electron chi connectivity index (χ0n) is 10.6. The molecule has 18 heavy (non-hydrogen) atoms. The van der Waals surface area contributed by atoms with Crippen LogP contribution in [0, 0.1) is 0 Å². The average Bonchev–Trinajstić information content (AvgIpc) is 2.35. The third kappa shape index (κ3) is 3.34. The number of nitrogens with zero attached hydrogens (tertiary/aromatic N) is 1. The maximum absolute atomic E-state index is 11.9. The van der Waals surface area contributed by atoms with Crippen LogP contribution in [0.5, 0.6) is 0 Å². The summed E-state index contributed by atoms with van der Waals surface area (Å²) in [6, 6.07) is 7.30. The normalized spacial score (nSPS) is 16.2. The SMILES string of the molecule is CC1=CCN(CC(=O)Nc2ccccc2N)CC1. The average molecular weight is 245 g/mol. The fourth-order valence-corrected chi connectivity index (χ4v) is 1.96. The molecule has 0 aliphatic carbocycles. The number of nitrogen functional groups attached to an aromatic ring is 1. The van der Waals surface area contributed by atoms with E-state index < -0.39 is 0 Å². The molecule has 1 aliphatic rings. The fraction of sp³-hybridized carbons (Fsp3) is 0.357. The molecule has 2 rings (SSSR count). The Kier molecular flexibility index (Phi) is 3.99. The summed E-state index contributed by atoms with van der Waals surface area (Å²) in [4.78, 5) is 14.0. The van der Waals surface area contributed by atoms with Crippen molar-refractivity contribution in [3.8, 4) is 0 Å². The van der Waals surface area contributed by atoms with Gasteiger partial charge >= 0.3 is 0 Å². The third-order valence-corrected chi connectivity index (χ3v) is 3.12. The Balaban J connectivity index is 1.88. The van der Waals surface area contributed by atoms with E-state index in [9.17, 15) is 4.79 Å². The van der Waals surface area contributed by atoms with Gasteiger partial charge in [0.25, 0.3) is 0 Å². The van der Waals surface area contributed by atoms with E-state index in [1.54, 1.807) is 6.07 Å². The van der Waals surface area contributed by atoms with Crippen molar-refractivity contribution < 1.29 is 4.79 Å². The largest absolute Gasteiger partial charge is 0.397 e.